The Morgan fingerprint density at radius 1 is 0.509 bits per heavy atom. The Hall–Kier alpha value is 0.678. The average molecular weight is 853 g/mol. The molecule has 17 heteroatoms. The summed E-state index contributed by atoms with van der Waals surface area (Å²) in [6.07, 6.45) is 1.36. The zero-order valence-electron chi connectivity index (χ0n) is 36.0. The van der Waals surface area contributed by atoms with Crippen LogP contribution in [0.2, 0.25) is 76.6 Å². The summed E-state index contributed by atoms with van der Waals surface area (Å²) in [5.74, 6) is 0.188. The van der Waals surface area contributed by atoms with E-state index in [9.17, 15) is 20.4 Å². The van der Waals surface area contributed by atoms with Crippen LogP contribution in [-0.2, 0) is 27.2 Å². The lowest BCUT2D eigenvalue weighted by Crippen LogP contribution is -2.51. The van der Waals surface area contributed by atoms with Gasteiger partial charge in [0.2, 0.25) is 0 Å². The summed E-state index contributed by atoms with van der Waals surface area (Å²) < 4.78 is 36.8. The molecule has 0 spiro atoms. The Morgan fingerprint density at radius 3 is 1.08 bits per heavy atom. The smallest absolute Gasteiger partial charge is 0.173 e. The van der Waals surface area contributed by atoms with Crippen LogP contribution in [0, 0.1) is 0 Å². The summed E-state index contributed by atoms with van der Waals surface area (Å²) in [6, 6.07) is 4.05. The lowest BCUT2D eigenvalue weighted by atomic mass is 10.2. The van der Waals surface area contributed by atoms with E-state index < -0.39 is 57.7 Å². The quantitative estimate of drug-likeness (QED) is 0.0303. The van der Waals surface area contributed by atoms with Crippen molar-refractivity contribution in [2.75, 3.05) is 107 Å². The number of likely N-dealkylation sites (N-methyl/N-ethyl adjacent to an activating group) is 2. The molecule has 4 N–H and O–H groups in total. The first-order valence-electron chi connectivity index (χ1n) is 19.8. The lowest BCUT2D eigenvalue weighted by Gasteiger charge is -2.34. The van der Waals surface area contributed by atoms with Gasteiger partial charge in [-0.05, 0) is 116 Å². The number of nitrogens with zero attached hydrogens (tertiary/aromatic N) is 2. The van der Waals surface area contributed by atoms with Crippen LogP contribution < -0.4 is 0 Å². The van der Waals surface area contributed by atoms with Crippen LogP contribution >= 0.6 is 11.6 Å². The second-order valence-corrected chi connectivity index (χ2v) is 36.3. The predicted octanol–water partition coefficient (Wildman–Crippen LogP) is 4.79. The van der Waals surface area contributed by atoms with Gasteiger partial charge in [-0.1, -0.05) is 0 Å². The van der Waals surface area contributed by atoms with Crippen molar-refractivity contribution in [2.24, 2.45) is 0 Å². The summed E-state index contributed by atoms with van der Waals surface area (Å²) in [5, 5.41) is 40.8. The van der Waals surface area contributed by atoms with E-state index in [1.165, 1.54) is 0 Å². The third-order valence-corrected chi connectivity index (χ3v) is 24.2. The summed E-state index contributed by atoms with van der Waals surface area (Å²) >= 11 is 5.61. The Morgan fingerprint density at radius 2 is 0.792 bits per heavy atom. The van der Waals surface area contributed by atoms with Gasteiger partial charge in [0.25, 0.3) is 0 Å². The van der Waals surface area contributed by atoms with E-state index in [1.807, 2.05) is 33.1 Å². The van der Waals surface area contributed by atoms with E-state index in [2.05, 4.69) is 52.4 Å². The molecule has 0 aliphatic heterocycles. The molecule has 0 saturated carbocycles. The number of aliphatic hydroxyl groups is 4. The maximum Gasteiger partial charge on any atom is 0.173 e. The second-order valence-electron chi connectivity index (χ2n) is 18.3. The third kappa shape index (κ3) is 32.3. The first-order valence-corrected chi connectivity index (χ1v) is 32.8. The average Bonchev–Trinajstić information content (AvgIpc) is 2.97. The van der Waals surface area contributed by atoms with E-state index in [0.717, 1.165) is 49.9 Å². The highest BCUT2D eigenvalue weighted by molar-refractivity contribution is 6.85. The second kappa shape index (κ2) is 27.4. The van der Waals surface area contributed by atoms with Gasteiger partial charge < -0.3 is 57.0 Å². The van der Waals surface area contributed by atoms with E-state index in [0.29, 0.717) is 57.2 Å². The minimum atomic E-state index is -1.85. The fourth-order valence-corrected chi connectivity index (χ4v) is 24.5. The monoisotopic (exact) mass is 851 g/mol. The van der Waals surface area contributed by atoms with E-state index in [1.54, 1.807) is 0 Å². The molecule has 0 radical (unpaired) electrons. The Balaban J connectivity index is 4.22. The molecule has 0 aliphatic carbocycles. The summed E-state index contributed by atoms with van der Waals surface area (Å²) in [4.78, 5) is 1.95. The maximum absolute atomic E-state index is 10.7. The fraction of sp³-hybridized carbons (Fsp3) is 1.00. The summed E-state index contributed by atoms with van der Waals surface area (Å²) in [6.45, 7) is 23.3. The molecular weight excluding hydrogens is 768 g/mol. The number of ether oxygens (including phenoxy) is 4. The van der Waals surface area contributed by atoms with Gasteiger partial charge in [-0.2, -0.15) is 0 Å². The molecule has 53 heavy (non-hydrogen) atoms. The van der Waals surface area contributed by atoms with Crippen molar-refractivity contribution in [3.05, 3.63) is 0 Å². The molecular formula is C36H84ClN2O10Si4+. The fourth-order valence-electron chi connectivity index (χ4n) is 6.82. The summed E-state index contributed by atoms with van der Waals surface area (Å²) in [5.41, 5.74) is 0. The number of aliphatic hydroxyl groups excluding tert-OH is 4. The van der Waals surface area contributed by atoms with Gasteiger partial charge in [0.1, 0.15) is 25.3 Å². The van der Waals surface area contributed by atoms with Gasteiger partial charge in [-0.25, -0.2) is 0 Å². The number of hydrogen-bond donors (Lipinski definition) is 4. The van der Waals surface area contributed by atoms with Crippen LogP contribution in [0.4, 0.5) is 0 Å². The minimum absolute atomic E-state index is 0.188. The van der Waals surface area contributed by atoms with Crippen LogP contribution in [-0.4, -0.2) is 194 Å². The molecule has 0 saturated heterocycles. The molecule has 0 heterocycles. The highest BCUT2D eigenvalue weighted by atomic mass is 35.5. The standard InChI is InChI=1S/C36H84ClN2O10Si4/c1-38(2)26-34(41)30-45-18-14-22-51(7,8)49-53(11,12)24-16-20-47-32-36(43)28-39(3,4)27-35(42)31-46-19-15-23-52(9,10)48-50(5,6)21-13-17-44-29-33(40)25-37/h33-36,40-43H,13-32H2,1-12H3/q+1. The van der Waals surface area contributed by atoms with Crippen molar-refractivity contribution in [1.82, 2.24) is 4.90 Å². The Kier molecular flexibility index (Phi) is 27.7. The van der Waals surface area contributed by atoms with Gasteiger partial charge in [0, 0.05) is 33.0 Å². The largest absolute Gasteiger partial charge is 0.455 e. The molecule has 0 bridgehead atoms. The first kappa shape index (κ1) is 53.7. The van der Waals surface area contributed by atoms with Crippen LogP contribution in [0.3, 0.4) is 0 Å². The number of halogens is 1. The van der Waals surface area contributed by atoms with E-state index in [-0.39, 0.29) is 25.7 Å². The molecule has 0 aliphatic rings. The number of rotatable bonds is 35. The predicted molar refractivity (Wildman–Crippen MR) is 228 cm³/mol. The van der Waals surface area contributed by atoms with Crippen LogP contribution in [0.25, 0.3) is 0 Å². The molecule has 0 rings (SSSR count). The highest BCUT2D eigenvalue weighted by Crippen LogP contribution is 2.25. The number of quaternary nitrogens is 1. The topological polar surface area (TPSA) is 140 Å². The van der Waals surface area contributed by atoms with Gasteiger partial charge in [0.05, 0.1) is 58.6 Å². The molecule has 0 amide bonds. The Labute approximate surface area is 333 Å². The highest BCUT2D eigenvalue weighted by Gasteiger charge is 2.34. The van der Waals surface area contributed by atoms with Crippen LogP contribution in [0.15, 0.2) is 0 Å². The van der Waals surface area contributed by atoms with Crippen molar-refractivity contribution in [3.63, 3.8) is 0 Å². The van der Waals surface area contributed by atoms with Crippen molar-refractivity contribution >= 4 is 44.9 Å². The van der Waals surface area contributed by atoms with Gasteiger partial charge in [0.15, 0.2) is 33.3 Å². The molecule has 320 valence electrons. The molecule has 0 aromatic rings. The van der Waals surface area contributed by atoms with Gasteiger partial charge in [-0.15, -0.1) is 11.6 Å². The van der Waals surface area contributed by atoms with Crippen molar-refractivity contribution < 1.29 is 52.1 Å². The van der Waals surface area contributed by atoms with Gasteiger partial charge >= 0.3 is 0 Å². The molecule has 4 unspecified atom stereocenters. The summed E-state index contributed by atoms with van der Waals surface area (Å²) in [7, 11) is 0.560. The van der Waals surface area contributed by atoms with E-state index >= 15 is 0 Å². The van der Waals surface area contributed by atoms with Crippen LogP contribution in [0.1, 0.15) is 25.7 Å². The Bertz CT molecular complexity index is 926. The molecule has 0 fully saturated rings. The normalized spacial score (nSPS) is 16.0. The first-order chi connectivity index (χ1) is 24.4. The minimum Gasteiger partial charge on any atom is -0.455 e. The zero-order chi connectivity index (χ0) is 40.8. The zero-order valence-corrected chi connectivity index (χ0v) is 40.7. The van der Waals surface area contributed by atoms with Gasteiger partial charge in [-0.3, -0.25) is 0 Å². The number of hydrogen-bond acceptors (Lipinski definition) is 11. The van der Waals surface area contributed by atoms with Crippen molar-refractivity contribution in [2.45, 2.75) is 127 Å². The third-order valence-electron chi connectivity index (χ3n) is 8.78. The number of alkyl halides is 1. The molecule has 12 nitrogen and oxygen atoms in total. The maximum atomic E-state index is 10.7. The SMILES string of the molecule is CN(C)CC(O)COCCC[Si](C)(C)O[Si](C)(C)CCCOCC(O)C[N+](C)(C)CC(O)COCCC[Si](C)(C)O[Si](C)(C)CCCOCC(O)CCl. The molecule has 0 aromatic heterocycles. The van der Waals surface area contributed by atoms with E-state index in [4.69, 9.17) is 38.8 Å². The van der Waals surface area contributed by atoms with Crippen molar-refractivity contribution in [3.8, 4) is 0 Å². The van der Waals surface area contributed by atoms with Crippen LogP contribution in [0.5, 0.6) is 0 Å². The van der Waals surface area contributed by atoms with Crippen molar-refractivity contribution in [1.29, 1.82) is 0 Å². The lowest BCUT2D eigenvalue weighted by molar-refractivity contribution is -0.896. The molecule has 4 atom stereocenters. The molecule has 0 aromatic carbocycles.